The molecule has 0 aromatic heterocycles. The van der Waals surface area contributed by atoms with Crippen LogP contribution in [-0.2, 0) is 0 Å². The molecule has 2 aliphatic rings. The molecule has 0 aliphatic heterocycles. The minimum Gasteiger partial charge on any atom is -0.310 e. The van der Waals surface area contributed by atoms with Crippen LogP contribution >= 0.6 is 11.8 Å². The van der Waals surface area contributed by atoms with Crippen LogP contribution < -0.4 is 5.32 Å². The highest BCUT2D eigenvalue weighted by atomic mass is 32.2. The highest BCUT2D eigenvalue weighted by Gasteiger charge is 2.29. The maximum Gasteiger partial charge on any atom is 0.0198 e. The summed E-state index contributed by atoms with van der Waals surface area (Å²) in [5.74, 6) is 1.03. The van der Waals surface area contributed by atoms with Gasteiger partial charge < -0.3 is 5.32 Å². The molecule has 1 N–H and O–H groups in total. The van der Waals surface area contributed by atoms with Gasteiger partial charge in [0, 0.05) is 17.3 Å². The Kier molecular flexibility index (Phi) is 5.02. The molecule has 2 aliphatic carbocycles. The van der Waals surface area contributed by atoms with Gasteiger partial charge in [-0.05, 0) is 50.7 Å². The van der Waals surface area contributed by atoms with Crippen LogP contribution in [0.2, 0.25) is 0 Å². The Morgan fingerprint density at radius 1 is 1.06 bits per heavy atom. The van der Waals surface area contributed by atoms with E-state index in [2.05, 4.69) is 30.3 Å². The van der Waals surface area contributed by atoms with Crippen molar-refractivity contribution in [1.29, 1.82) is 0 Å². The summed E-state index contributed by atoms with van der Waals surface area (Å²) in [6.07, 6.45) is 13.7. The Balaban J connectivity index is 1.73. The van der Waals surface area contributed by atoms with E-state index in [1.807, 2.05) is 0 Å². The zero-order valence-electron chi connectivity index (χ0n) is 10.9. The summed E-state index contributed by atoms with van der Waals surface area (Å²) < 4.78 is 0. The van der Waals surface area contributed by atoms with E-state index >= 15 is 0 Å². The SMILES string of the molecule is CCC1CCC(NC2CCCC2SC)CC1. The molecule has 0 amide bonds. The van der Waals surface area contributed by atoms with Gasteiger partial charge in [0.15, 0.2) is 0 Å². The molecular weight excluding hydrogens is 214 g/mol. The molecule has 0 aromatic carbocycles. The van der Waals surface area contributed by atoms with Gasteiger partial charge in [0.25, 0.3) is 0 Å². The summed E-state index contributed by atoms with van der Waals surface area (Å²) in [6, 6.07) is 1.65. The second-order valence-corrected chi connectivity index (χ2v) is 6.68. The van der Waals surface area contributed by atoms with Gasteiger partial charge >= 0.3 is 0 Å². The number of hydrogen-bond donors (Lipinski definition) is 1. The zero-order chi connectivity index (χ0) is 11.4. The predicted molar refractivity (Wildman–Crippen MR) is 74.1 cm³/mol. The molecule has 0 radical (unpaired) electrons. The summed E-state index contributed by atoms with van der Waals surface area (Å²) in [4.78, 5) is 0. The minimum absolute atomic E-state index is 0.818. The van der Waals surface area contributed by atoms with Crippen molar-refractivity contribution in [1.82, 2.24) is 5.32 Å². The van der Waals surface area contributed by atoms with Crippen LogP contribution in [0.5, 0.6) is 0 Å². The second kappa shape index (κ2) is 6.30. The molecule has 0 spiro atoms. The van der Waals surface area contributed by atoms with E-state index in [1.54, 1.807) is 0 Å². The fraction of sp³-hybridized carbons (Fsp3) is 1.00. The van der Waals surface area contributed by atoms with Crippen LogP contribution in [0.3, 0.4) is 0 Å². The van der Waals surface area contributed by atoms with Gasteiger partial charge in [-0.2, -0.15) is 11.8 Å². The maximum absolute atomic E-state index is 3.94. The van der Waals surface area contributed by atoms with Crippen LogP contribution in [0.15, 0.2) is 0 Å². The predicted octanol–water partition coefficient (Wildman–Crippen LogP) is 3.83. The van der Waals surface area contributed by atoms with Gasteiger partial charge in [-0.15, -0.1) is 0 Å². The lowest BCUT2D eigenvalue weighted by Gasteiger charge is -2.32. The molecule has 0 aromatic rings. The third-order valence-corrected chi connectivity index (χ3v) is 5.80. The topological polar surface area (TPSA) is 12.0 Å². The molecule has 1 nitrogen and oxygen atoms in total. The molecule has 2 fully saturated rings. The Bertz CT molecular complexity index is 199. The van der Waals surface area contributed by atoms with Crippen LogP contribution in [0.1, 0.15) is 58.3 Å². The summed E-state index contributed by atoms with van der Waals surface area (Å²) in [6.45, 7) is 2.35. The molecule has 2 saturated carbocycles. The molecular formula is C14H27NS. The molecule has 2 heteroatoms. The van der Waals surface area contributed by atoms with Gasteiger partial charge in [-0.3, -0.25) is 0 Å². The van der Waals surface area contributed by atoms with Crippen molar-refractivity contribution >= 4 is 11.8 Å². The number of hydrogen-bond acceptors (Lipinski definition) is 2. The first-order valence-corrected chi connectivity index (χ1v) is 8.41. The molecule has 0 heterocycles. The standard InChI is InChI=1S/C14H27NS/c1-3-11-7-9-12(10-8-11)15-13-5-4-6-14(13)16-2/h11-15H,3-10H2,1-2H3. The third-order valence-electron chi connectivity index (χ3n) is 4.63. The summed E-state index contributed by atoms with van der Waals surface area (Å²) in [7, 11) is 0. The van der Waals surface area contributed by atoms with E-state index in [0.29, 0.717) is 0 Å². The summed E-state index contributed by atoms with van der Waals surface area (Å²) in [5, 5.41) is 4.84. The molecule has 2 atom stereocenters. The summed E-state index contributed by atoms with van der Waals surface area (Å²) in [5.41, 5.74) is 0. The van der Waals surface area contributed by atoms with Crippen LogP contribution in [0.25, 0.3) is 0 Å². The third kappa shape index (κ3) is 3.16. The number of thioether (sulfide) groups is 1. The Morgan fingerprint density at radius 3 is 2.44 bits per heavy atom. The average molecular weight is 241 g/mol. The van der Waals surface area contributed by atoms with Crippen molar-refractivity contribution in [3.8, 4) is 0 Å². The number of nitrogens with one attached hydrogen (secondary N) is 1. The first-order chi connectivity index (χ1) is 7.83. The fourth-order valence-electron chi connectivity index (χ4n) is 3.44. The zero-order valence-corrected chi connectivity index (χ0v) is 11.7. The van der Waals surface area contributed by atoms with Crippen molar-refractivity contribution in [2.75, 3.05) is 6.26 Å². The van der Waals surface area contributed by atoms with E-state index in [4.69, 9.17) is 0 Å². The van der Waals surface area contributed by atoms with E-state index in [0.717, 1.165) is 23.3 Å². The van der Waals surface area contributed by atoms with Crippen LogP contribution in [0, 0.1) is 5.92 Å². The smallest absolute Gasteiger partial charge is 0.0198 e. The Hall–Kier alpha value is 0.310. The molecule has 0 bridgehead atoms. The van der Waals surface area contributed by atoms with Crippen molar-refractivity contribution in [2.45, 2.75) is 75.6 Å². The van der Waals surface area contributed by atoms with Crippen molar-refractivity contribution in [3.05, 3.63) is 0 Å². The van der Waals surface area contributed by atoms with Gasteiger partial charge in [0.1, 0.15) is 0 Å². The van der Waals surface area contributed by atoms with Gasteiger partial charge in [-0.1, -0.05) is 19.8 Å². The highest BCUT2D eigenvalue weighted by molar-refractivity contribution is 7.99. The lowest BCUT2D eigenvalue weighted by Crippen LogP contribution is -2.43. The molecule has 2 rings (SSSR count). The van der Waals surface area contributed by atoms with E-state index in [-0.39, 0.29) is 0 Å². The first kappa shape index (κ1) is 12.8. The largest absolute Gasteiger partial charge is 0.310 e. The fourth-order valence-corrected chi connectivity index (χ4v) is 4.38. The molecule has 2 unspecified atom stereocenters. The molecule has 16 heavy (non-hydrogen) atoms. The average Bonchev–Trinajstić information content (AvgIpc) is 2.77. The monoisotopic (exact) mass is 241 g/mol. The highest BCUT2D eigenvalue weighted by Crippen LogP contribution is 2.31. The van der Waals surface area contributed by atoms with E-state index in [1.165, 1.54) is 51.4 Å². The van der Waals surface area contributed by atoms with Crippen molar-refractivity contribution < 1.29 is 0 Å². The minimum atomic E-state index is 0.818. The van der Waals surface area contributed by atoms with Gasteiger partial charge in [-0.25, -0.2) is 0 Å². The molecule has 0 saturated heterocycles. The quantitative estimate of drug-likeness (QED) is 0.803. The van der Waals surface area contributed by atoms with Gasteiger partial charge in [0.2, 0.25) is 0 Å². The van der Waals surface area contributed by atoms with Gasteiger partial charge in [0.05, 0.1) is 0 Å². The van der Waals surface area contributed by atoms with E-state index < -0.39 is 0 Å². The maximum atomic E-state index is 3.94. The van der Waals surface area contributed by atoms with E-state index in [9.17, 15) is 0 Å². The van der Waals surface area contributed by atoms with Crippen molar-refractivity contribution in [2.24, 2.45) is 5.92 Å². The molecule has 94 valence electrons. The number of rotatable bonds is 4. The normalized spacial score (nSPS) is 40.1. The Labute approximate surface area is 105 Å². The first-order valence-electron chi connectivity index (χ1n) is 7.12. The lowest BCUT2D eigenvalue weighted by molar-refractivity contribution is 0.270. The Morgan fingerprint density at radius 2 is 1.81 bits per heavy atom. The second-order valence-electron chi connectivity index (χ2n) is 5.60. The van der Waals surface area contributed by atoms with Crippen molar-refractivity contribution in [3.63, 3.8) is 0 Å². The van der Waals surface area contributed by atoms with Crippen LogP contribution in [-0.4, -0.2) is 23.6 Å². The van der Waals surface area contributed by atoms with Crippen LogP contribution in [0.4, 0.5) is 0 Å². The lowest BCUT2D eigenvalue weighted by atomic mass is 9.84. The summed E-state index contributed by atoms with van der Waals surface area (Å²) >= 11 is 2.07.